The van der Waals surface area contributed by atoms with Crippen molar-refractivity contribution in [2.24, 2.45) is 5.92 Å². The molecule has 150 valence electrons. The van der Waals surface area contributed by atoms with E-state index in [0.29, 0.717) is 17.5 Å². The van der Waals surface area contributed by atoms with Crippen LogP contribution in [0.4, 0.5) is 0 Å². The van der Waals surface area contributed by atoms with Crippen LogP contribution in [-0.2, 0) is 16.0 Å². The summed E-state index contributed by atoms with van der Waals surface area (Å²) in [5.74, 6) is -1.25. The lowest BCUT2D eigenvalue weighted by molar-refractivity contribution is -0.146. The number of benzene rings is 2. The molecule has 0 aliphatic heterocycles. The number of methoxy groups -OCH3 is 1. The van der Waals surface area contributed by atoms with Crippen LogP contribution in [0.5, 0.6) is 0 Å². The van der Waals surface area contributed by atoms with Gasteiger partial charge in [0.15, 0.2) is 0 Å². The Morgan fingerprint density at radius 3 is 2.55 bits per heavy atom. The van der Waals surface area contributed by atoms with Gasteiger partial charge in [-0.2, -0.15) is 5.26 Å². The quantitative estimate of drug-likeness (QED) is 0.675. The van der Waals surface area contributed by atoms with Gasteiger partial charge >= 0.3 is 5.97 Å². The molecule has 2 atom stereocenters. The minimum atomic E-state index is -0.573. The molecule has 0 heterocycles. The summed E-state index contributed by atoms with van der Waals surface area (Å²) in [6.45, 7) is 1.78. The lowest BCUT2D eigenvalue weighted by Gasteiger charge is -2.23. The Balaban J connectivity index is 2.11. The highest BCUT2D eigenvalue weighted by molar-refractivity contribution is 5.94. The smallest absolute Gasteiger partial charge is 0.311 e. The van der Waals surface area contributed by atoms with Crippen LogP contribution >= 0.6 is 0 Å². The minimum absolute atomic E-state index is 0.263. The van der Waals surface area contributed by atoms with Crippen LogP contribution in [0.15, 0.2) is 54.7 Å². The normalized spacial score (nSPS) is 12.6. The zero-order valence-corrected chi connectivity index (χ0v) is 16.8. The molecule has 0 aromatic heterocycles. The molecule has 0 aliphatic carbocycles. The number of nitrogens with zero attached hydrogens (tertiary/aromatic N) is 1. The fourth-order valence-corrected chi connectivity index (χ4v) is 2.95. The Hall–Kier alpha value is -3.59. The number of amides is 1. The van der Waals surface area contributed by atoms with Gasteiger partial charge in [0.25, 0.3) is 5.91 Å². The molecule has 0 spiro atoms. The summed E-state index contributed by atoms with van der Waals surface area (Å²) >= 11 is 0. The molecule has 6 heteroatoms. The van der Waals surface area contributed by atoms with Crippen LogP contribution in [-0.4, -0.2) is 32.1 Å². The molecule has 2 aromatic rings. The third kappa shape index (κ3) is 6.22. The van der Waals surface area contributed by atoms with E-state index in [0.717, 1.165) is 11.1 Å². The van der Waals surface area contributed by atoms with E-state index in [1.165, 1.54) is 7.11 Å². The Bertz CT molecular complexity index is 914. The van der Waals surface area contributed by atoms with Crippen molar-refractivity contribution in [2.45, 2.75) is 19.4 Å². The van der Waals surface area contributed by atoms with Crippen molar-refractivity contribution in [3.8, 4) is 6.07 Å². The summed E-state index contributed by atoms with van der Waals surface area (Å²) in [6, 6.07) is 15.9. The van der Waals surface area contributed by atoms with Crippen LogP contribution in [0.2, 0.25) is 0 Å². The van der Waals surface area contributed by atoms with Crippen LogP contribution in [0.25, 0.3) is 6.08 Å². The standard InChI is InChI=1S/C23H25N3O3/c1-16(26-22(27)20-9-7-17(8-10-20)11-12-25-2)21(23(28)29-3)14-18-5-4-6-19(13-18)15-24/h4-13,16,21,25H,14H2,1-3H3,(H,26,27)/b12-11-. The molecule has 2 aromatic carbocycles. The summed E-state index contributed by atoms with van der Waals surface area (Å²) in [7, 11) is 3.14. The first kappa shape index (κ1) is 21.7. The molecule has 6 nitrogen and oxygen atoms in total. The predicted octanol–water partition coefficient (Wildman–Crippen LogP) is 2.90. The van der Waals surface area contributed by atoms with E-state index in [1.54, 1.807) is 43.5 Å². The summed E-state index contributed by atoms with van der Waals surface area (Å²) in [4.78, 5) is 24.9. The topological polar surface area (TPSA) is 91.2 Å². The van der Waals surface area contributed by atoms with Gasteiger partial charge in [-0.1, -0.05) is 24.3 Å². The lowest BCUT2D eigenvalue weighted by atomic mass is 9.92. The lowest BCUT2D eigenvalue weighted by Crippen LogP contribution is -2.42. The number of hydrogen-bond acceptors (Lipinski definition) is 5. The first-order valence-electron chi connectivity index (χ1n) is 9.30. The van der Waals surface area contributed by atoms with E-state index >= 15 is 0 Å². The van der Waals surface area contributed by atoms with Gasteiger partial charge in [-0.15, -0.1) is 0 Å². The average molecular weight is 391 g/mol. The summed E-state index contributed by atoms with van der Waals surface area (Å²) in [6.07, 6.45) is 4.06. The third-order valence-electron chi connectivity index (χ3n) is 4.59. The third-order valence-corrected chi connectivity index (χ3v) is 4.59. The van der Waals surface area contributed by atoms with Crippen LogP contribution < -0.4 is 10.6 Å². The number of nitriles is 1. The van der Waals surface area contributed by atoms with Gasteiger partial charge in [0.1, 0.15) is 0 Å². The number of hydrogen-bond donors (Lipinski definition) is 2. The number of carbonyl (C=O) groups is 2. The molecular formula is C23H25N3O3. The van der Waals surface area contributed by atoms with Crippen LogP contribution in [0.1, 0.15) is 34.0 Å². The van der Waals surface area contributed by atoms with Gasteiger partial charge in [0.2, 0.25) is 0 Å². The van der Waals surface area contributed by atoms with Gasteiger partial charge < -0.3 is 15.4 Å². The highest BCUT2D eigenvalue weighted by atomic mass is 16.5. The van der Waals surface area contributed by atoms with Gasteiger partial charge in [0.05, 0.1) is 24.7 Å². The van der Waals surface area contributed by atoms with Crippen molar-refractivity contribution in [1.82, 2.24) is 10.6 Å². The van der Waals surface area contributed by atoms with Crippen molar-refractivity contribution in [3.05, 3.63) is 77.0 Å². The van der Waals surface area contributed by atoms with Gasteiger partial charge in [-0.05, 0) is 61.0 Å². The molecule has 0 bridgehead atoms. The molecule has 2 N–H and O–H groups in total. The van der Waals surface area contributed by atoms with Crippen molar-refractivity contribution in [1.29, 1.82) is 5.26 Å². The van der Waals surface area contributed by atoms with Crippen molar-refractivity contribution >= 4 is 18.0 Å². The molecule has 2 unspecified atom stereocenters. The number of rotatable bonds is 8. The van der Waals surface area contributed by atoms with Crippen molar-refractivity contribution in [2.75, 3.05) is 14.2 Å². The highest BCUT2D eigenvalue weighted by Crippen LogP contribution is 2.17. The van der Waals surface area contributed by atoms with Gasteiger partial charge in [0, 0.05) is 18.7 Å². The highest BCUT2D eigenvalue weighted by Gasteiger charge is 2.28. The molecule has 0 saturated carbocycles. The Morgan fingerprint density at radius 2 is 1.93 bits per heavy atom. The van der Waals surface area contributed by atoms with E-state index in [4.69, 9.17) is 10.00 Å². The fourth-order valence-electron chi connectivity index (χ4n) is 2.95. The largest absolute Gasteiger partial charge is 0.469 e. The van der Waals surface area contributed by atoms with Gasteiger partial charge in [-0.25, -0.2) is 0 Å². The molecule has 0 fully saturated rings. The minimum Gasteiger partial charge on any atom is -0.469 e. The Morgan fingerprint density at radius 1 is 1.21 bits per heavy atom. The molecular weight excluding hydrogens is 366 g/mol. The van der Waals surface area contributed by atoms with Crippen LogP contribution in [0, 0.1) is 17.2 Å². The maximum Gasteiger partial charge on any atom is 0.311 e. The second-order valence-corrected chi connectivity index (χ2v) is 6.65. The number of carbonyl (C=O) groups excluding carboxylic acids is 2. The zero-order chi connectivity index (χ0) is 21.2. The molecule has 0 radical (unpaired) electrons. The van der Waals surface area contributed by atoms with E-state index < -0.39 is 17.9 Å². The Labute approximate surface area is 171 Å². The average Bonchev–Trinajstić information content (AvgIpc) is 2.75. The van der Waals surface area contributed by atoms with E-state index in [-0.39, 0.29) is 5.91 Å². The van der Waals surface area contributed by atoms with Gasteiger partial charge in [-0.3, -0.25) is 9.59 Å². The first-order chi connectivity index (χ1) is 14.0. The van der Waals surface area contributed by atoms with Crippen molar-refractivity contribution in [3.63, 3.8) is 0 Å². The molecule has 0 aliphatic rings. The van der Waals surface area contributed by atoms with E-state index in [9.17, 15) is 9.59 Å². The number of esters is 1. The molecule has 2 rings (SSSR count). The molecule has 1 amide bonds. The van der Waals surface area contributed by atoms with Crippen LogP contribution in [0.3, 0.4) is 0 Å². The zero-order valence-electron chi connectivity index (χ0n) is 16.8. The van der Waals surface area contributed by atoms with E-state index in [1.807, 2.05) is 31.3 Å². The van der Waals surface area contributed by atoms with E-state index in [2.05, 4.69) is 16.7 Å². The first-order valence-corrected chi connectivity index (χ1v) is 9.30. The monoisotopic (exact) mass is 391 g/mol. The molecule has 29 heavy (non-hydrogen) atoms. The summed E-state index contributed by atoms with van der Waals surface area (Å²) < 4.78 is 4.93. The second kappa shape index (κ2) is 10.7. The summed E-state index contributed by atoms with van der Waals surface area (Å²) in [5, 5.41) is 14.9. The summed E-state index contributed by atoms with van der Waals surface area (Å²) in [5.41, 5.74) is 2.83. The maximum absolute atomic E-state index is 12.6. The predicted molar refractivity (Wildman–Crippen MR) is 112 cm³/mol. The SMILES string of the molecule is CN/C=C\c1ccc(C(=O)NC(C)C(Cc2cccc(C#N)c2)C(=O)OC)cc1. The number of ether oxygens (including phenoxy) is 1. The molecule has 0 saturated heterocycles. The second-order valence-electron chi connectivity index (χ2n) is 6.65. The maximum atomic E-state index is 12.6. The Kier molecular flexibility index (Phi) is 7.99. The van der Waals surface area contributed by atoms with Crippen molar-refractivity contribution < 1.29 is 14.3 Å². The number of nitrogens with one attached hydrogen (secondary N) is 2. The fraction of sp³-hybridized carbons (Fsp3) is 0.261.